The Hall–Kier alpha value is -0.970. The van der Waals surface area contributed by atoms with Gasteiger partial charge in [-0.1, -0.05) is 0 Å². The minimum absolute atomic E-state index is 0.0331. The average molecular weight is 166 g/mol. The fourth-order valence-electron chi connectivity index (χ4n) is 1.02. The van der Waals surface area contributed by atoms with Crippen LogP contribution in [0, 0.1) is 24.2 Å². The van der Waals surface area contributed by atoms with Crippen molar-refractivity contribution in [3.63, 3.8) is 0 Å². The van der Waals surface area contributed by atoms with Gasteiger partial charge in [0, 0.05) is 5.92 Å². The first kappa shape index (κ1) is 9.12. The Morgan fingerprint density at radius 1 is 1.58 bits per heavy atom. The Morgan fingerprint density at radius 3 is 2.50 bits per heavy atom. The number of rotatable bonds is 1. The van der Waals surface area contributed by atoms with Crippen molar-refractivity contribution < 1.29 is 9.53 Å². The highest BCUT2D eigenvalue weighted by atomic mass is 16.6. The molecule has 1 fully saturated rings. The van der Waals surface area contributed by atoms with Gasteiger partial charge in [-0.15, -0.1) is 12.3 Å². The van der Waals surface area contributed by atoms with Crippen LogP contribution in [0.3, 0.4) is 0 Å². The SMILES string of the molecule is C#C[C@H]1C[C@H]1C(=O)OC(C)(C)C. The summed E-state index contributed by atoms with van der Waals surface area (Å²) in [5.74, 6) is 2.50. The lowest BCUT2D eigenvalue weighted by Crippen LogP contribution is -2.25. The van der Waals surface area contributed by atoms with E-state index in [0.29, 0.717) is 0 Å². The molecule has 2 atom stereocenters. The molecule has 0 aromatic rings. The van der Waals surface area contributed by atoms with Crippen LogP contribution in [0.25, 0.3) is 0 Å². The maximum absolute atomic E-state index is 11.3. The molecule has 0 spiro atoms. The topological polar surface area (TPSA) is 26.3 Å². The molecule has 0 bridgehead atoms. The first-order chi connectivity index (χ1) is 5.44. The highest BCUT2D eigenvalue weighted by Gasteiger charge is 2.44. The van der Waals surface area contributed by atoms with Crippen molar-refractivity contribution >= 4 is 5.97 Å². The molecule has 12 heavy (non-hydrogen) atoms. The third-order valence-electron chi connectivity index (χ3n) is 1.71. The number of ether oxygens (including phenoxy) is 1. The molecule has 66 valence electrons. The van der Waals surface area contributed by atoms with E-state index >= 15 is 0 Å². The zero-order valence-corrected chi connectivity index (χ0v) is 7.76. The Bertz CT molecular complexity index is 229. The van der Waals surface area contributed by atoms with Crippen molar-refractivity contribution in [2.75, 3.05) is 0 Å². The van der Waals surface area contributed by atoms with Crippen LogP contribution in [-0.4, -0.2) is 11.6 Å². The molecular formula is C10H14O2. The fraction of sp³-hybridized carbons (Fsp3) is 0.700. The first-order valence-electron chi connectivity index (χ1n) is 4.13. The van der Waals surface area contributed by atoms with Gasteiger partial charge in [-0.3, -0.25) is 4.79 Å². The van der Waals surface area contributed by atoms with Gasteiger partial charge in [-0.05, 0) is 27.2 Å². The zero-order chi connectivity index (χ0) is 9.35. The van der Waals surface area contributed by atoms with Crippen LogP contribution < -0.4 is 0 Å². The highest BCUT2D eigenvalue weighted by Crippen LogP contribution is 2.39. The number of terminal acetylenes is 1. The Morgan fingerprint density at radius 2 is 2.17 bits per heavy atom. The Labute approximate surface area is 73.3 Å². The van der Waals surface area contributed by atoms with E-state index in [9.17, 15) is 4.79 Å². The zero-order valence-electron chi connectivity index (χ0n) is 7.76. The number of carbonyl (C=O) groups excluding carboxylic acids is 1. The van der Waals surface area contributed by atoms with Gasteiger partial charge in [-0.2, -0.15) is 0 Å². The molecule has 0 saturated heterocycles. The van der Waals surface area contributed by atoms with Crippen LogP contribution in [0.2, 0.25) is 0 Å². The summed E-state index contributed by atoms with van der Waals surface area (Å²) < 4.78 is 5.16. The number of hydrogen-bond donors (Lipinski definition) is 0. The van der Waals surface area contributed by atoms with Crippen LogP contribution in [0.4, 0.5) is 0 Å². The second-order valence-corrected chi connectivity index (χ2v) is 4.15. The first-order valence-corrected chi connectivity index (χ1v) is 4.13. The van der Waals surface area contributed by atoms with Crippen molar-refractivity contribution in [3.8, 4) is 12.3 Å². The Kier molecular flexibility index (Phi) is 2.14. The lowest BCUT2D eigenvalue weighted by atomic mass is 10.2. The monoisotopic (exact) mass is 166 g/mol. The van der Waals surface area contributed by atoms with Gasteiger partial charge in [0.15, 0.2) is 0 Å². The second kappa shape index (κ2) is 2.82. The van der Waals surface area contributed by atoms with E-state index in [-0.39, 0.29) is 17.8 Å². The van der Waals surface area contributed by atoms with Gasteiger partial charge in [0.1, 0.15) is 5.60 Å². The minimum Gasteiger partial charge on any atom is -0.460 e. The smallest absolute Gasteiger partial charge is 0.310 e. The summed E-state index contributed by atoms with van der Waals surface area (Å²) in [6.07, 6.45) is 5.97. The van der Waals surface area contributed by atoms with Gasteiger partial charge in [-0.25, -0.2) is 0 Å². The lowest BCUT2D eigenvalue weighted by molar-refractivity contribution is -0.156. The van der Waals surface area contributed by atoms with Gasteiger partial charge in [0.05, 0.1) is 5.92 Å². The van der Waals surface area contributed by atoms with Gasteiger partial charge >= 0.3 is 5.97 Å². The average Bonchev–Trinajstić information content (AvgIpc) is 2.60. The molecule has 0 N–H and O–H groups in total. The minimum atomic E-state index is -0.390. The van der Waals surface area contributed by atoms with Crippen LogP contribution in [0.15, 0.2) is 0 Å². The number of hydrogen-bond acceptors (Lipinski definition) is 2. The molecule has 2 nitrogen and oxygen atoms in total. The molecule has 1 saturated carbocycles. The second-order valence-electron chi connectivity index (χ2n) is 4.15. The molecule has 0 amide bonds. The van der Waals surface area contributed by atoms with Crippen molar-refractivity contribution in [2.24, 2.45) is 11.8 Å². The van der Waals surface area contributed by atoms with Crippen LogP contribution in [0.5, 0.6) is 0 Å². The van der Waals surface area contributed by atoms with Crippen molar-refractivity contribution in [1.29, 1.82) is 0 Å². The van der Waals surface area contributed by atoms with E-state index in [2.05, 4.69) is 5.92 Å². The van der Waals surface area contributed by atoms with Gasteiger partial charge < -0.3 is 4.74 Å². The summed E-state index contributed by atoms with van der Waals surface area (Å²) in [4.78, 5) is 11.3. The largest absolute Gasteiger partial charge is 0.460 e. The summed E-state index contributed by atoms with van der Waals surface area (Å²) in [6, 6.07) is 0. The number of esters is 1. The molecule has 2 heteroatoms. The molecule has 0 radical (unpaired) electrons. The molecule has 1 aliphatic carbocycles. The van der Waals surface area contributed by atoms with E-state index in [1.54, 1.807) is 0 Å². The standard InChI is InChI=1S/C10H14O2/c1-5-7-6-8(7)9(11)12-10(2,3)4/h1,7-8H,6H2,2-4H3/t7-,8+/m0/s1. The van der Waals surface area contributed by atoms with E-state index in [1.807, 2.05) is 20.8 Å². The van der Waals surface area contributed by atoms with Crippen LogP contribution in [-0.2, 0) is 9.53 Å². The molecule has 0 aliphatic heterocycles. The van der Waals surface area contributed by atoms with E-state index in [1.165, 1.54) is 0 Å². The van der Waals surface area contributed by atoms with Crippen molar-refractivity contribution in [1.82, 2.24) is 0 Å². The molecular weight excluding hydrogens is 152 g/mol. The predicted octanol–water partition coefficient (Wildman–Crippen LogP) is 1.60. The maximum atomic E-state index is 11.3. The normalized spacial score (nSPS) is 27.5. The van der Waals surface area contributed by atoms with Crippen LogP contribution in [0.1, 0.15) is 27.2 Å². The fourth-order valence-corrected chi connectivity index (χ4v) is 1.02. The predicted molar refractivity (Wildman–Crippen MR) is 46.3 cm³/mol. The third-order valence-corrected chi connectivity index (χ3v) is 1.71. The van der Waals surface area contributed by atoms with Gasteiger partial charge in [0.25, 0.3) is 0 Å². The van der Waals surface area contributed by atoms with E-state index in [4.69, 9.17) is 11.2 Å². The summed E-state index contributed by atoms with van der Waals surface area (Å²) in [6.45, 7) is 5.58. The highest BCUT2D eigenvalue weighted by molar-refractivity contribution is 5.76. The third kappa shape index (κ3) is 2.27. The quantitative estimate of drug-likeness (QED) is 0.437. The molecule has 0 aromatic heterocycles. The number of carbonyl (C=O) groups is 1. The van der Waals surface area contributed by atoms with Crippen molar-refractivity contribution in [3.05, 3.63) is 0 Å². The summed E-state index contributed by atoms with van der Waals surface area (Å²) >= 11 is 0. The molecule has 0 heterocycles. The van der Waals surface area contributed by atoms with E-state index < -0.39 is 5.60 Å². The summed E-state index contributed by atoms with van der Waals surface area (Å²) in [5, 5.41) is 0. The lowest BCUT2D eigenvalue weighted by Gasteiger charge is -2.19. The Balaban J connectivity index is 2.38. The maximum Gasteiger partial charge on any atom is 0.310 e. The van der Waals surface area contributed by atoms with Crippen LogP contribution >= 0.6 is 0 Å². The van der Waals surface area contributed by atoms with Gasteiger partial charge in [0.2, 0.25) is 0 Å². The summed E-state index contributed by atoms with van der Waals surface area (Å²) in [5.41, 5.74) is -0.390. The van der Waals surface area contributed by atoms with Crippen molar-refractivity contribution in [2.45, 2.75) is 32.8 Å². The molecule has 0 unspecified atom stereocenters. The molecule has 1 rings (SSSR count). The van der Waals surface area contributed by atoms with E-state index in [0.717, 1.165) is 6.42 Å². The molecule has 0 aromatic carbocycles. The molecule has 1 aliphatic rings. The summed E-state index contributed by atoms with van der Waals surface area (Å²) in [7, 11) is 0.